The highest BCUT2D eigenvalue weighted by Gasteiger charge is 1.88. The molecule has 0 radical (unpaired) electrons. The molecule has 0 aliphatic heterocycles. The van der Waals surface area contributed by atoms with Gasteiger partial charge in [-0.15, -0.1) is 0 Å². The molecule has 0 aliphatic carbocycles. The maximum Gasteiger partial charge on any atom is 0.302 e. The third-order valence-corrected chi connectivity index (χ3v) is 1.35. The zero-order chi connectivity index (χ0) is 15.0. The number of ether oxygens (including phenoxy) is 2. The van der Waals surface area contributed by atoms with Gasteiger partial charge in [0.25, 0.3) is 0 Å². The molecule has 1 atom stereocenters. The van der Waals surface area contributed by atoms with Crippen LogP contribution < -0.4 is 0 Å². The minimum atomic E-state index is -0.560. The number of hydrogen-bond donors (Lipinski definition) is 2. The number of aliphatic hydroxyl groups excluding tert-OH is 2. The fourth-order valence-electron chi connectivity index (χ4n) is 0.360. The molecule has 18 heavy (non-hydrogen) atoms. The Hall–Kier alpha value is -1.14. The molecule has 0 aromatic heterocycles. The van der Waals surface area contributed by atoms with Crippen molar-refractivity contribution >= 4 is 11.9 Å². The van der Waals surface area contributed by atoms with Gasteiger partial charge in [-0.1, -0.05) is 13.3 Å². The lowest BCUT2D eigenvalue weighted by molar-refractivity contribution is -0.141. The topological polar surface area (TPSA) is 93.1 Å². The van der Waals surface area contributed by atoms with Gasteiger partial charge in [-0.2, -0.15) is 0 Å². The van der Waals surface area contributed by atoms with Crippen molar-refractivity contribution < 1.29 is 29.3 Å². The van der Waals surface area contributed by atoms with Crippen LogP contribution in [0.25, 0.3) is 0 Å². The Morgan fingerprint density at radius 3 is 1.78 bits per heavy atom. The van der Waals surface area contributed by atoms with Gasteiger partial charge in [0.2, 0.25) is 0 Å². The highest BCUT2D eigenvalue weighted by atomic mass is 16.5. The molecule has 0 aromatic rings. The van der Waals surface area contributed by atoms with Gasteiger partial charge in [0.15, 0.2) is 0 Å². The van der Waals surface area contributed by atoms with Crippen LogP contribution in [-0.2, 0) is 19.1 Å². The smallest absolute Gasteiger partial charge is 0.302 e. The van der Waals surface area contributed by atoms with E-state index in [1.54, 1.807) is 0 Å². The van der Waals surface area contributed by atoms with Gasteiger partial charge >= 0.3 is 11.9 Å². The van der Waals surface area contributed by atoms with E-state index in [4.69, 9.17) is 10.2 Å². The standard InChI is InChI=1S/C6H12O2.C3H6O2.C3H8O2/c1-3-4-5-8-6(2)7;1-3(4)5-2;1-3(5)2-4/h3-5H2,1-2H3;1-2H3;3-5H,2H2,1H3. The van der Waals surface area contributed by atoms with Gasteiger partial charge in [0, 0.05) is 13.8 Å². The molecule has 0 aromatic carbocycles. The third kappa shape index (κ3) is 46.2. The van der Waals surface area contributed by atoms with Crippen LogP contribution >= 0.6 is 0 Å². The molecule has 0 saturated carbocycles. The molecule has 0 amide bonds. The second kappa shape index (κ2) is 18.2. The number of hydrogen-bond acceptors (Lipinski definition) is 6. The SMILES string of the molecule is CC(O)CO.CCCCOC(C)=O.COC(C)=O. The van der Waals surface area contributed by atoms with Crippen LogP contribution in [0.5, 0.6) is 0 Å². The first-order valence-electron chi connectivity index (χ1n) is 5.78. The summed E-state index contributed by atoms with van der Waals surface area (Å²) in [6.45, 7) is 6.81. The molecule has 110 valence electrons. The zero-order valence-electron chi connectivity index (χ0n) is 11.9. The van der Waals surface area contributed by atoms with E-state index in [0.29, 0.717) is 6.61 Å². The van der Waals surface area contributed by atoms with Crippen molar-refractivity contribution in [2.24, 2.45) is 0 Å². The third-order valence-electron chi connectivity index (χ3n) is 1.35. The van der Waals surface area contributed by atoms with E-state index >= 15 is 0 Å². The number of unbranched alkanes of at least 4 members (excludes halogenated alkanes) is 1. The monoisotopic (exact) mass is 266 g/mol. The van der Waals surface area contributed by atoms with Gasteiger partial charge < -0.3 is 19.7 Å². The highest BCUT2D eigenvalue weighted by molar-refractivity contribution is 5.65. The van der Waals surface area contributed by atoms with E-state index in [-0.39, 0.29) is 18.5 Å². The van der Waals surface area contributed by atoms with Crippen LogP contribution in [0.4, 0.5) is 0 Å². The molecule has 0 rings (SSSR count). The molecule has 2 N–H and O–H groups in total. The van der Waals surface area contributed by atoms with Gasteiger partial charge in [-0.05, 0) is 13.3 Å². The predicted octanol–water partition coefficient (Wildman–Crippen LogP) is 0.888. The molecule has 1 unspecified atom stereocenters. The Labute approximate surface area is 109 Å². The Bertz CT molecular complexity index is 191. The number of aliphatic hydroxyl groups is 2. The van der Waals surface area contributed by atoms with Gasteiger partial charge in [0.05, 0.1) is 26.4 Å². The second-order valence-electron chi connectivity index (χ2n) is 3.42. The van der Waals surface area contributed by atoms with Crippen molar-refractivity contribution in [3.63, 3.8) is 0 Å². The first-order chi connectivity index (χ1) is 8.31. The summed E-state index contributed by atoms with van der Waals surface area (Å²) < 4.78 is 8.75. The first kappa shape index (κ1) is 22.1. The number of rotatable bonds is 4. The van der Waals surface area contributed by atoms with Crippen molar-refractivity contribution in [3.05, 3.63) is 0 Å². The number of carbonyl (C=O) groups excluding carboxylic acids is 2. The van der Waals surface area contributed by atoms with Crippen LogP contribution in [0.2, 0.25) is 0 Å². The lowest BCUT2D eigenvalue weighted by Gasteiger charge is -1.96. The van der Waals surface area contributed by atoms with Crippen LogP contribution in [0.3, 0.4) is 0 Å². The van der Waals surface area contributed by atoms with E-state index in [1.807, 2.05) is 0 Å². The normalized spacial score (nSPS) is 9.94. The molecular weight excluding hydrogens is 240 g/mol. The largest absolute Gasteiger partial charge is 0.469 e. The lowest BCUT2D eigenvalue weighted by atomic mass is 10.4. The fourth-order valence-corrected chi connectivity index (χ4v) is 0.360. The average molecular weight is 266 g/mol. The van der Waals surface area contributed by atoms with Crippen molar-refractivity contribution in [1.29, 1.82) is 0 Å². The van der Waals surface area contributed by atoms with E-state index in [2.05, 4.69) is 16.4 Å². The predicted molar refractivity (Wildman–Crippen MR) is 68.0 cm³/mol. The average Bonchev–Trinajstić information content (AvgIpc) is 2.30. The summed E-state index contributed by atoms with van der Waals surface area (Å²) >= 11 is 0. The van der Waals surface area contributed by atoms with Crippen LogP contribution in [-0.4, -0.2) is 48.6 Å². The Kier molecular flexibility index (Phi) is 22.4. The Morgan fingerprint density at radius 1 is 1.22 bits per heavy atom. The highest BCUT2D eigenvalue weighted by Crippen LogP contribution is 1.86. The molecule has 0 spiro atoms. The van der Waals surface area contributed by atoms with Crippen molar-refractivity contribution in [3.8, 4) is 0 Å². The molecule has 0 bridgehead atoms. The van der Waals surface area contributed by atoms with Crippen molar-refractivity contribution in [2.45, 2.75) is 46.6 Å². The summed E-state index contributed by atoms with van der Waals surface area (Å²) in [7, 11) is 1.35. The van der Waals surface area contributed by atoms with Crippen LogP contribution in [0.1, 0.15) is 40.5 Å². The summed E-state index contributed by atoms with van der Waals surface area (Å²) in [6, 6.07) is 0. The van der Waals surface area contributed by atoms with Gasteiger partial charge in [0.1, 0.15) is 0 Å². The number of carbonyl (C=O) groups is 2. The summed E-state index contributed by atoms with van der Waals surface area (Å²) in [6.07, 6.45) is 1.49. The Balaban J connectivity index is -0.000000197. The first-order valence-corrected chi connectivity index (χ1v) is 5.78. The van der Waals surface area contributed by atoms with E-state index in [1.165, 1.54) is 27.9 Å². The quantitative estimate of drug-likeness (QED) is 0.580. The molecule has 6 heteroatoms. The number of methoxy groups -OCH3 is 1. The summed E-state index contributed by atoms with van der Waals surface area (Å²) in [5, 5.41) is 16.0. The van der Waals surface area contributed by atoms with Crippen LogP contribution in [0.15, 0.2) is 0 Å². The maximum absolute atomic E-state index is 10.1. The van der Waals surface area contributed by atoms with Crippen molar-refractivity contribution in [1.82, 2.24) is 0 Å². The number of esters is 2. The maximum atomic E-state index is 10.1. The van der Waals surface area contributed by atoms with E-state index < -0.39 is 6.10 Å². The lowest BCUT2D eigenvalue weighted by Crippen LogP contribution is -2.03. The molecular formula is C12H26O6. The molecule has 0 saturated heterocycles. The van der Waals surface area contributed by atoms with Crippen molar-refractivity contribution in [2.75, 3.05) is 20.3 Å². The van der Waals surface area contributed by atoms with Gasteiger partial charge in [-0.3, -0.25) is 9.59 Å². The fraction of sp³-hybridized carbons (Fsp3) is 0.833. The molecule has 0 heterocycles. The zero-order valence-corrected chi connectivity index (χ0v) is 11.9. The Morgan fingerprint density at radius 2 is 1.61 bits per heavy atom. The minimum absolute atomic E-state index is 0.139. The molecule has 0 fully saturated rings. The minimum Gasteiger partial charge on any atom is -0.469 e. The molecule has 0 aliphatic rings. The summed E-state index contributed by atoms with van der Waals surface area (Å²) in [4.78, 5) is 19.7. The van der Waals surface area contributed by atoms with Gasteiger partial charge in [-0.25, -0.2) is 0 Å². The van der Waals surface area contributed by atoms with E-state index in [0.717, 1.165) is 12.8 Å². The van der Waals surface area contributed by atoms with E-state index in [9.17, 15) is 9.59 Å². The summed E-state index contributed by atoms with van der Waals surface area (Å²) in [5.74, 6) is -0.427. The van der Waals surface area contributed by atoms with Crippen LogP contribution in [0, 0.1) is 0 Å². The summed E-state index contributed by atoms with van der Waals surface area (Å²) in [5.41, 5.74) is 0. The molecule has 6 nitrogen and oxygen atoms in total. The second-order valence-corrected chi connectivity index (χ2v) is 3.42.